The highest BCUT2D eigenvalue weighted by Crippen LogP contribution is 2.11. The Balaban J connectivity index is 5.64. The van der Waals surface area contributed by atoms with E-state index in [-0.39, 0.29) is 0 Å². The molecule has 0 aliphatic heterocycles. The number of aliphatic carboxylic acids is 2. The molecule has 0 radical (unpaired) electrons. The summed E-state index contributed by atoms with van der Waals surface area (Å²) in [6.45, 7) is 6.71. The van der Waals surface area contributed by atoms with Gasteiger partial charge in [0.05, 0.1) is 18.9 Å². The normalized spacial score (nSPS) is 16.3. The molecule has 0 aliphatic rings. The SMILES string of the molecule is CCC(C)C(NC(=O)C(CC(=O)O)NC(=O)C(NC(=O)C(N)CC(N)=O)C(C)CC)C(=O)O. The first kappa shape index (κ1) is 29.8. The van der Waals surface area contributed by atoms with Gasteiger partial charge in [0.2, 0.25) is 23.6 Å². The van der Waals surface area contributed by atoms with Crippen LogP contribution in [-0.2, 0) is 28.8 Å². The molecule has 0 bridgehead atoms. The van der Waals surface area contributed by atoms with Gasteiger partial charge in [-0.25, -0.2) is 4.79 Å². The fraction of sp³-hybridized carbons (Fsp3) is 0.700. The van der Waals surface area contributed by atoms with Crippen LogP contribution in [0.4, 0.5) is 0 Å². The van der Waals surface area contributed by atoms with Gasteiger partial charge in [0, 0.05) is 0 Å². The summed E-state index contributed by atoms with van der Waals surface area (Å²) in [5.41, 5.74) is 10.6. The summed E-state index contributed by atoms with van der Waals surface area (Å²) in [6.07, 6.45) is -0.404. The van der Waals surface area contributed by atoms with Gasteiger partial charge in [-0.1, -0.05) is 40.5 Å². The minimum absolute atomic E-state index is 0.425. The lowest BCUT2D eigenvalue weighted by molar-refractivity contribution is -0.144. The molecule has 0 fully saturated rings. The van der Waals surface area contributed by atoms with Gasteiger partial charge in [-0.2, -0.15) is 0 Å². The summed E-state index contributed by atoms with van der Waals surface area (Å²) >= 11 is 0. The van der Waals surface area contributed by atoms with Crippen LogP contribution in [0.2, 0.25) is 0 Å². The van der Waals surface area contributed by atoms with Gasteiger partial charge in [0.25, 0.3) is 0 Å². The molecule has 0 aliphatic carbocycles. The Morgan fingerprint density at radius 2 is 1.24 bits per heavy atom. The Hall–Kier alpha value is -3.22. The van der Waals surface area contributed by atoms with Gasteiger partial charge in [-0.15, -0.1) is 0 Å². The third kappa shape index (κ3) is 10.3. The van der Waals surface area contributed by atoms with Crippen LogP contribution in [0, 0.1) is 11.8 Å². The van der Waals surface area contributed by atoms with Crippen LogP contribution in [-0.4, -0.2) is 69.9 Å². The maximum absolute atomic E-state index is 12.9. The zero-order chi connectivity index (χ0) is 25.9. The average molecular weight is 474 g/mol. The van der Waals surface area contributed by atoms with E-state index >= 15 is 0 Å². The van der Waals surface area contributed by atoms with Gasteiger partial charge in [0.15, 0.2) is 0 Å². The zero-order valence-electron chi connectivity index (χ0n) is 19.3. The highest BCUT2D eigenvalue weighted by atomic mass is 16.4. The van der Waals surface area contributed by atoms with E-state index in [0.717, 1.165) is 0 Å². The molecule has 0 spiro atoms. The van der Waals surface area contributed by atoms with Crippen LogP contribution in [0.15, 0.2) is 0 Å². The van der Waals surface area contributed by atoms with Gasteiger partial charge in [-0.05, 0) is 11.8 Å². The summed E-state index contributed by atoms with van der Waals surface area (Å²) in [7, 11) is 0. The second-order valence-electron chi connectivity index (χ2n) is 8.02. The van der Waals surface area contributed by atoms with E-state index in [2.05, 4.69) is 16.0 Å². The number of rotatable bonds is 15. The van der Waals surface area contributed by atoms with Crippen LogP contribution in [0.1, 0.15) is 53.4 Å². The van der Waals surface area contributed by atoms with Crippen molar-refractivity contribution in [3.8, 4) is 0 Å². The van der Waals surface area contributed by atoms with E-state index in [9.17, 15) is 33.9 Å². The number of carboxylic acid groups (broad SMARTS) is 2. The highest BCUT2D eigenvalue weighted by Gasteiger charge is 2.34. The Labute approximate surface area is 192 Å². The average Bonchev–Trinajstić information content (AvgIpc) is 2.72. The van der Waals surface area contributed by atoms with Crippen LogP contribution < -0.4 is 27.4 Å². The van der Waals surface area contributed by atoms with Crippen LogP contribution in [0.3, 0.4) is 0 Å². The van der Waals surface area contributed by atoms with Gasteiger partial charge >= 0.3 is 11.9 Å². The molecule has 13 heteroatoms. The van der Waals surface area contributed by atoms with Gasteiger partial charge in [-0.3, -0.25) is 24.0 Å². The monoisotopic (exact) mass is 473 g/mol. The Bertz CT molecular complexity index is 744. The second kappa shape index (κ2) is 14.0. The number of carbonyl (C=O) groups excluding carboxylic acids is 4. The number of carboxylic acids is 2. The minimum atomic E-state index is -1.59. The maximum Gasteiger partial charge on any atom is 0.326 e. The first-order valence-corrected chi connectivity index (χ1v) is 10.6. The number of amides is 4. The van der Waals surface area contributed by atoms with Crippen molar-refractivity contribution in [2.45, 2.75) is 77.5 Å². The molecule has 0 aromatic carbocycles. The fourth-order valence-corrected chi connectivity index (χ4v) is 2.85. The van der Waals surface area contributed by atoms with Crippen molar-refractivity contribution in [3.63, 3.8) is 0 Å². The van der Waals surface area contributed by atoms with E-state index in [1.807, 2.05) is 0 Å². The lowest BCUT2D eigenvalue weighted by Gasteiger charge is -2.28. The molecule has 9 N–H and O–H groups in total. The zero-order valence-corrected chi connectivity index (χ0v) is 19.3. The molecular formula is C20H35N5O8. The molecule has 0 rings (SSSR count). The van der Waals surface area contributed by atoms with Crippen LogP contribution >= 0.6 is 0 Å². The predicted octanol–water partition coefficient (Wildman–Crippen LogP) is -1.70. The lowest BCUT2D eigenvalue weighted by Crippen LogP contribution is -2.59. The number of carbonyl (C=O) groups is 6. The molecule has 6 atom stereocenters. The summed E-state index contributed by atoms with van der Waals surface area (Å²) in [4.78, 5) is 71.6. The summed E-state index contributed by atoms with van der Waals surface area (Å²) in [5, 5.41) is 25.5. The van der Waals surface area contributed by atoms with E-state index in [4.69, 9.17) is 16.6 Å². The molecule has 0 saturated heterocycles. The van der Waals surface area contributed by atoms with Crippen molar-refractivity contribution in [1.29, 1.82) is 0 Å². The number of primary amides is 1. The summed E-state index contributed by atoms with van der Waals surface area (Å²) in [6, 6.07) is -5.38. The molecule has 13 nitrogen and oxygen atoms in total. The summed E-state index contributed by atoms with van der Waals surface area (Å²) < 4.78 is 0. The first-order valence-electron chi connectivity index (χ1n) is 10.6. The maximum atomic E-state index is 12.9. The topological polar surface area (TPSA) is 231 Å². The third-order valence-corrected chi connectivity index (χ3v) is 5.34. The predicted molar refractivity (Wildman–Crippen MR) is 116 cm³/mol. The Morgan fingerprint density at radius 1 is 0.758 bits per heavy atom. The van der Waals surface area contributed by atoms with Crippen LogP contribution in [0.25, 0.3) is 0 Å². The summed E-state index contributed by atoms with van der Waals surface area (Å²) in [5.74, 6) is -7.09. The van der Waals surface area contributed by atoms with Crippen molar-refractivity contribution in [2.75, 3.05) is 0 Å². The molecule has 0 aromatic heterocycles. The lowest BCUT2D eigenvalue weighted by atomic mass is 9.96. The number of nitrogens with two attached hydrogens (primary N) is 2. The molecule has 0 heterocycles. The third-order valence-electron chi connectivity index (χ3n) is 5.34. The fourth-order valence-electron chi connectivity index (χ4n) is 2.85. The van der Waals surface area contributed by atoms with E-state index in [1.165, 1.54) is 0 Å². The molecule has 33 heavy (non-hydrogen) atoms. The number of hydrogen-bond donors (Lipinski definition) is 7. The largest absolute Gasteiger partial charge is 0.481 e. The Kier molecular flexibility index (Phi) is 12.7. The second-order valence-corrected chi connectivity index (χ2v) is 8.02. The molecular weight excluding hydrogens is 438 g/mol. The number of hydrogen-bond acceptors (Lipinski definition) is 7. The number of nitrogens with one attached hydrogen (secondary N) is 3. The van der Waals surface area contributed by atoms with Gasteiger partial charge in [0.1, 0.15) is 18.1 Å². The molecule has 0 saturated carbocycles. The van der Waals surface area contributed by atoms with E-state index in [1.54, 1.807) is 27.7 Å². The molecule has 188 valence electrons. The smallest absolute Gasteiger partial charge is 0.326 e. The van der Waals surface area contributed by atoms with Gasteiger partial charge < -0.3 is 37.6 Å². The van der Waals surface area contributed by atoms with Crippen molar-refractivity contribution in [2.24, 2.45) is 23.3 Å². The highest BCUT2D eigenvalue weighted by molar-refractivity contribution is 5.96. The van der Waals surface area contributed by atoms with Crippen molar-refractivity contribution in [1.82, 2.24) is 16.0 Å². The van der Waals surface area contributed by atoms with Crippen LogP contribution in [0.5, 0.6) is 0 Å². The van der Waals surface area contributed by atoms with Crippen molar-refractivity contribution in [3.05, 3.63) is 0 Å². The quantitative estimate of drug-likeness (QED) is 0.143. The minimum Gasteiger partial charge on any atom is -0.481 e. The molecule has 6 unspecified atom stereocenters. The first-order chi connectivity index (χ1) is 15.2. The Morgan fingerprint density at radius 3 is 1.67 bits per heavy atom. The molecule has 4 amide bonds. The molecule has 0 aromatic rings. The standard InChI is InChI=1S/C20H35N5O8/c1-5-9(3)15(24-17(29)11(21)7-13(22)26)19(31)23-12(8-14(27)28)18(30)25-16(20(32)33)10(4)6-2/h9-12,15-16H,5-8,21H2,1-4H3,(H2,22,26)(H,23,31)(H,24,29)(H,25,30)(H,27,28)(H,32,33). The van der Waals surface area contributed by atoms with Crippen molar-refractivity contribution >= 4 is 35.6 Å². The van der Waals surface area contributed by atoms with E-state index < -0.39 is 84.4 Å². The van der Waals surface area contributed by atoms with Crippen molar-refractivity contribution < 1.29 is 39.0 Å². The van der Waals surface area contributed by atoms with E-state index in [0.29, 0.717) is 12.8 Å².